The first-order chi connectivity index (χ1) is 8.75. The van der Waals surface area contributed by atoms with Crippen LogP contribution < -0.4 is 0 Å². The molecule has 0 aromatic heterocycles. The molecule has 0 bridgehead atoms. The fourth-order valence-electron chi connectivity index (χ4n) is 2.79. The number of hydrogen-bond acceptors (Lipinski definition) is 4. The molecule has 0 spiro atoms. The van der Waals surface area contributed by atoms with Crippen molar-refractivity contribution < 1.29 is 9.59 Å². The van der Waals surface area contributed by atoms with Crippen LogP contribution in [0.25, 0.3) is 0 Å². The van der Waals surface area contributed by atoms with Crippen LogP contribution in [0.15, 0.2) is 9.98 Å². The molecular weight excluding hydrogens is 252 g/mol. The SMILES string of the molecule is CC(C)(C)C1=NC2(C)C(=O)C(C(C)(C)C)=NC2(C)C1=O. The predicted molar refractivity (Wildman–Crippen MR) is 80.6 cm³/mol. The second-order valence-electron chi connectivity index (χ2n) is 8.22. The fourth-order valence-corrected chi connectivity index (χ4v) is 2.79. The average molecular weight is 276 g/mol. The first-order valence-corrected chi connectivity index (χ1v) is 7.05. The Hall–Kier alpha value is -1.32. The molecule has 2 rings (SSSR count). The van der Waals surface area contributed by atoms with E-state index in [-0.39, 0.29) is 22.4 Å². The lowest BCUT2D eigenvalue weighted by atomic mass is 9.75. The average Bonchev–Trinajstić information content (AvgIpc) is 2.57. The van der Waals surface area contributed by atoms with E-state index in [1.165, 1.54) is 0 Å². The van der Waals surface area contributed by atoms with Crippen LogP contribution in [0.1, 0.15) is 55.4 Å². The van der Waals surface area contributed by atoms with Gasteiger partial charge in [-0.1, -0.05) is 41.5 Å². The Kier molecular flexibility index (Phi) is 2.76. The number of fused-ring (bicyclic) bond motifs is 1. The Morgan fingerprint density at radius 2 is 0.950 bits per heavy atom. The largest absolute Gasteiger partial charge is 0.290 e. The third kappa shape index (κ3) is 1.66. The molecule has 4 nitrogen and oxygen atoms in total. The summed E-state index contributed by atoms with van der Waals surface area (Å²) in [5.41, 5.74) is -1.93. The first-order valence-electron chi connectivity index (χ1n) is 7.05. The molecule has 2 heterocycles. The van der Waals surface area contributed by atoms with Crippen LogP contribution in [0.2, 0.25) is 0 Å². The molecule has 2 aliphatic heterocycles. The minimum atomic E-state index is -1.07. The molecule has 0 radical (unpaired) electrons. The van der Waals surface area contributed by atoms with Crippen molar-refractivity contribution in [3.05, 3.63) is 0 Å². The van der Waals surface area contributed by atoms with Gasteiger partial charge in [-0.2, -0.15) is 0 Å². The smallest absolute Gasteiger partial charge is 0.207 e. The number of rotatable bonds is 0. The molecular formula is C16H24N2O2. The quantitative estimate of drug-likeness (QED) is 0.683. The number of Topliss-reactive ketones (excluding diaryl/α,β-unsaturated/α-hetero) is 2. The van der Waals surface area contributed by atoms with Crippen LogP contribution in [0, 0.1) is 10.8 Å². The summed E-state index contributed by atoms with van der Waals surface area (Å²) in [6.45, 7) is 15.1. The summed E-state index contributed by atoms with van der Waals surface area (Å²) >= 11 is 0. The predicted octanol–water partition coefficient (Wildman–Crippen LogP) is 2.64. The van der Waals surface area contributed by atoms with E-state index in [0.717, 1.165) is 0 Å². The summed E-state index contributed by atoms with van der Waals surface area (Å²) in [5, 5.41) is 0. The molecule has 0 saturated carbocycles. The van der Waals surface area contributed by atoms with Crippen LogP contribution in [0.5, 0.6) is 0 Å². The number of nitrogens with zero attached hydrogens (tertiary/aromatic N) is 2. The molecule has 4 heteroatoms. The van der Waals surface area contributed by atoms with Crippen LogP contribution in [-0.4, -0.2) is 34.1 Å². The van der Waals surface area contributed by atoms with E-state index in [0.29, 0.717) is 11.4 Å². The Labute approximate surface area is 120 Å². The van der Waals surface area contributed by atoms with Gasteiger partial charge in [0.2, 0.25) is 11.6 Å². The number of ketones is 2. The number of aliphatic imine (C=N–C) groups is 2. The highest BCUT2D eigenvalue weighted by molar-refractivity contribution is 6.56. The molecule has 0 aliphatic carbocycles. The van der Waals surface area contributed by atoms with E-state index in [1.807, 2.05) is 41.5 Å². The van der Waals surface area contributed by atoms with E-state index in [4.69, 9.17) is 0 Å². The van der Waals surface area contributed by atoms with E-state index in [9.17, 15) is 9.59 Å². The summed E-state index contributed by atoms with van der Waals surface area (Å²) < 4.78 is 0. The molecule has 0 aromatic rings. The van der Waals surface area contributed by atoms with Crippen molar-refractivity contribution >= 4 is 23.0 Å². The molecule has 0 N–H and O–H groups in total. The second-order valence-corrected chi connectivity index (χ2v) is 8.22. The van der Waals surface area contributed by atoms with Crippen molar-refractivity contribution in [1.82, 2.24) is 0 Å². The van der Waals surface area contributed by atoms with Gasteiger partial charge in [-0.15, -0.1) is 0 Å². The Bertz CT molecular complexity index is 520. The van der Waals surface area contributed by atoms with Crippen molar-refractivity contribution in [2.24, 2.45) is 20.8 Å². The zero-order chi connectivity index (χ0) is 15.7. The standard InChI is InChI=1S/C16H24N2O2/c1-13(2,3)9-11(19)15(7)16(8,17-9)12(20)10(18-15)14(4,5)6/h1-8H3. The van der Waals surface area contributed by atoms with Gasteiger partial charge in [0.15, 0.2) is 11.1 Å². The zero-order valence-electron chi connectivity index (χ0n) is 13.7. The van der Waals surface area contributed by atoms with E-state index in [2.05, 4.69) is 9.98 Å². The molecule has 0 amide bonds. The highest BCUT2D eigenvalue weighted by atomic mass is 16.2. The van der Waals surface area contributed by atoms with Crippen molar-refractivity contribution in [3.63, 3.8) is 0 Å². The number of hydrogen-bond donors (Lipinski definition) is 0. The Morgan fingerprint density at radius 3 is 1.15 bits per heavy atom. The molecule has 2 aliphatic rings. The van der Waals surface area contributed by atoms with Crippen LogP contribution in [0.4, 0.5) is 0 Å². The maximum absolute atomic E-state index is 12.8. The van der Waals surface area contributed by atoms with Crippen molar-refractivity contribution in [1.29, 1.82) is 0 Å². The minimum absolute atomic E-state index is 0.111. The number of carbonyl (C=O) groups excluding carboxylic acids is 2. The second kappa shape index (κ2) is 3.66. The lowest BCUT2D eigenvalue weighted by molar-refractivity contribution is -0.123. The molecule has 2 unspecified atom stereocenters. The fraction of sp³-hybridized carbons (Fsp3) is 0.750. The van der Waals surface area contributed by atoms with Gasteiger partial charge < -0.3 is 0 Å². The lowest BCUT2D eigenvalue weighted by Crippen LogP contribution is -2.51. The van der Waals surface area contributed by atoms with Gasteiger partial charge in [0.05, 0.1) is 11.4 Å². The van der Waals surface area contributed by atoms with E-state index < -0.39 is 11.1 Å². The Balaban J connectivity index is 2.63. The van der Waals surface area contributed by atoms with Gasteiger partial charge >= 0.3 is 0 Å². The van der Waals surface area contributed by atoms with Gasteiger partial charge in [0.1, 0.15) is 0 Å². The third-order valence-electron chi connectivity index (χ3n) is 4.35. The topological polar surface area (TPSA) is 58.9 Å². The Morgan fingerprint density at radius 1 is 0.700 bits per heavy atom. The highest BCUT2D eigenvalue weighted by Gasteiger charge is 2.67. The van der Waals surface area contributed by atoms with E-state index in [1.54, 1.807) is 13.8 Å². The summed E-state index contributed by atoms with van der Waals surface area (Å²) in [7, 11) is 0. The molecule has 0 saturated heterocycles. The first kappa shape index (κ1) is 15.1. The van der Waals surface area contributed by atoms with Crippen molar-refractivity contribution in [2.75, 3.05) is 0 Å². The maximum Gasteiger partial charge on any atom is 0.207 e. The van der Waals surface area contributed by atoms with Gasteiger partial charge in [-0.25, -0.2) is 0 Å². The summed E-state index contributed by atoms with van der Waals surface area (Å²) in [5.74, 6) is -0.222. The normalized spacial score (nSPS) is 34.2. The van der Waals surface area contributed by atoms with Crippen LogP contribution in [0.3, 0.4) is 0 Å². The molecule has 110 valence electrons. The van der Waals surface area contributed by atoms with Gasteiger partial charge in [0.25, 0.3) is 0 Å². The van der Waals surface area contributed by atoms with Crippen molar-refractivity contribution in [3.8, 4) is 0 Å². The summed E-state index contributed by atoms with van der Waals surface area (Å²) in [6.07, 6.45) is 0. The molecule has 0 fully saturated rings. The monoisotopic (exact) mass is 276 g/mol. The zero-order valence-corrected chi connectivity index (χ0v) is 13.7. The minimum Gasteiger partial charge on any atom is -0.290 e. The van der Waals surface area contributed by atoms with Crippen LogP contribution in [-0.2, 0) is 9.59 Å². The van der Waals surface area contributed by atoms with Gasteiger partial charge in [-0.3, -0.25) is 19.6 Å². The van der Waals surface area contributed by atoms with Gasteiger partial charge in [-0.05, 0) is 13.8 Å². The number of carbonyl (C=O) groups is 2. The van der Waals surface area contributed by atoms with Crippen molar-refractivity contribution in [2.45, 2.75) is 66.5 Å². The molecule has 2 atom stereocenters. The van der Waals surface area contributed by atoms with Crippen LogP contribution >= 0.6 is 0 Å². The molecule has 0 aromatic carbocycles. The third-order valence-corrected chi connectivity index (χ3v) is 4.35. The highest BCUT2D eigenvalue weighted by Crippen LogP contribution is 2.47. The summed E-state index contributed by atoms with van der Waals surface area (Å²) in [6, 6.07) is 0. The van der Waals surface area contributed by atoms with E-state index >= 15 is 0 Å². The molecule has 20 heavy (non-hydrogen) atoms. The maximum atomic E-state index is 12.8. The van der Waals surface area contributed by atoms with Gasteiger partial charge in [0, 0.05) is 10.8 Å². The summed E-state index contributed by atoms with van der Waals surface area (Å²) in [4.78, 5) is 34.7. The lowest BCUT2D eigenvalue weighted by Gasteiger charge is -2.26.